The first-order valence-corrected chi connectivity index (χ1v) is 10.5. The van der Waals surface area contributed by atoms with Crippen LogP contribution in [-0.2, 0) is 9.53 Å². The van der Waals surface area contributed by atoms with Crippen molar-refractivity contribution in [1.82, 2.24) is 9.97 Å². The number of hydrogen-bond donors (Lipinski definition) is 0. The van der Waals surface area contributed by atoms with E-state index in [9.17, 15) is 9.18 Å². The highest BCUT2D eigenvalue weighted by Gasteiger charge is 2.44. The highest BCUT2D eigenvalue weighted by Crippen LogP contribution is 2.46. The Hall–Kier alpha value is -3.48. The molecule has 166 valence electrons. The normalized spacial score (nSPS) is 20.1. The summed E-state index contributed by atoms with van der Waals surface area (Å²) >= 11 is 0. The van der Waals surface area contributed by atoms with Gasteiger partial charge in [0.25, 0.3) is 0 Å². The number of carbonyl (C=O) groups is 1. The van der Waals surface area contributed by atoms with Gasteiger partial charge in [0.2, 0.25) is 0 Å². The molecule has 0 spiro atoms. The summed E-state index contributed by atoms with van der Waals surface area (Å²) in [5.74, 6) is -0.244. The molecule has 1 fully saturated rings. The zero-order valence-corrected chi connectivity index (χ0v) is 18.4. The fourth-order valence-electron chi connectivity index (χ4n) is 4.74. The second-order valence-corrected chi connectivity index (χ2v) is 7.98. The van der Waals surface area contributed by atoms with Gasteiger partial charge in [-0.15, -0.1) is 0 Å². The van der Waals surface area contributed by atoms with Crippen LogP contribution in [0.5, 0.6) is 5.75 Å². The van der Waals surface area contributed by atoms with E-state index in [0.717, 1.165) is 34.5 Å². The van der Waals surface area contributed by atoms with Crippen LogP contribution in [0.2, 0.25) is 0 Å². The molecule has 0 N–H and O–H groups in total. The number of methoxy groups -OCH3 is 2. The average Bonchev–Trinajstić information content (AvgIpc) is 3.29. The Morgan fingerprint density at radius 2 is 1.75 bits per heavy atom. The third kappa shape index (κ3) is 4.15. The predicted molar refractivity (Wildman–Crippen MR) is 120 cm³/mol. The molecule has 3 atom stereocenters. The molecule has 1 aliphatic rings. The average molecular weight is 435 g/mol. The van der Waals surface area contributed by atoms with Crippen LogP contribution in [0.3, 0.4) is 0 Å². The lowest BCUT2D eigenvalue weighted by Gasteiger charge is -2.34. The van der Waals surface area contributed by atoms with Crippen molar-refractivity contribution in [3.8, 4) is 16.9 Å². The molecule has 2 aromatic carbocycles. The first-order valence-electron chi connectivity index (χ1n) is 10.5. The van der Waals surface area contributed by atoms with E-state index >= 15 is 0 Å². The first-order chi connectivity index (χ1) is 15.5. The van der Waals surface area contributed by atoms with Crippen molar-refractivity contribution in [1.29, 1.82) is 0 Å². The second-order valence-electron chi connectivity index (χ2n) is 7.98. The summed E-state index contributed by atoms with van der Waals surface area (Å²) in [4.78, 5) is 23.0. The van der Waals surface area contributed by atoms with Crippen LogP contribution >= 0.6 is 0 Å². The Morgan fingerprint density at radius 1 is 1.03 bits per heavy atom. The van der Waals surface area contributed by atoms with Crippen LogP contribution in [0, 0.1) is 11.7 Å². The number of aromatic nitrogens is 2. The van der Waals surface area contributed by atoms with E-state index in [-0.39, 0.29) is 29.7 Å². The van der Waals surface area contributed by atoms with Crippen LogP contribution in [0.25, 0.3) is 11.1 Å². The number of hydrogen-bond acceptors (Lipinski definition) is 6. The topological polar surface area (TPSA) is 64.5 Å². The minimum Gasteiger partial charge on any atom is -0.495 e. The molecule has 0 bridgehead atoms. The number of rotatable bonds is 6. The molecule has 1 saturated carbocycles. The predicted octanol–water partition coefficient (Wildman–Crippen LogP) is 4.46. The number of likely N-dealkylation sites (N-methyl/N-ethyl adjacent to an activating group) is 1. The maximum atomic E-state index is 13.6. The lowest BCUT2D eigenvalue weighted by molar-refractivity contribution is -0.145. The van der Waals surface area contributed by atoms with E-state index in [1.165, 1.54) is 25.6 Å². The molecule has 3 unspecified atom stereocenters. The molecule has 6 nitrogen and oxygen atoms in total. The minimum atomic E-state index is -0.300. The lowest BCUT2D eigenvalue weighted by atomic mass is 9.85. The molecule has 4 rings (SSSR count). The number of ether oxygens (including phenoxy) is 2. The second kappa shape index (κ2) is 9.34. The number of benzene rings is 2. The summed E-state index contributed by atoms with van der Waals surface area (Å²) in [5.41, 5.74) is 3.69. The molecular weight excluding hydrogens is 409 g/mol. The number of nitrogens with zero attached hydrogens (tertiary/aromatic N) is 3. The molecule has 0 radical (unpaired) electrons. The van der Waals surface area contributed by atoms with Crippen LogP contribution in [-0.4, -0.2) is 43.2 Å². The van der Waals surface area contributed by atoms with Crippen molar-refractivity contribution in [2.24, 2.45) is 5.92 Å². The van der Waals surface area contributed by atoms with Gasteiger partial charge >= 0.3 is 5.97 Å². The van der Waals surface area contributed by atoms with Crippen LogP contribution in [0.15, 0.2) is 61.2 Å². The smallest absolute Gasteiger partial charge is 0.309 e. The Morgan fingerprint density at radius 3 is 2.41 bits per heavy atom. The van der Waals surface area contributed by atoms with E-state index < -0.39 is 0 Å². The van der Waals surface area contributed by atoms with E-state index in [2.05, 4.69) is 14.9 Å². The number of carbonyl (C=O) groups excluding carboxylic acids is 1. The monoisotopic (exact) mass is 435 g/mol. The van der Waals surface area contributed by atoms with Gasteiger partial charge < -0.3 is 14.4 Å². The third-order valence-electron chi connectivity index (χ3n) is 6.33. The molecule has 1 aliphatic carbocycles. The van der Waals surface area contributed by atoms with Gasteiger partial charge in [-0.05, 0) is 48.2 Å². The molecule has 3 aromatic rings. The number of halogens is 1. The summed E-state index contributed by atoms with van der Waals surface area (Å²) < 4.78 is 24.3. The van der Waals surface area contributed by atoms with Gasteiger partial charge in [-0.1, -0.05) is 18.2 Å². The molecule has 0 saturated heterocycles. The first kappa shape index (κ1) is 21.7. The molecule has 0 amide bonds. The van der Waals surface area contributed by atoms with E-state index in [1.807, 2.05) is 25.2 Å². The van der Waals surface area contributed by atoms with Crippen molar-refractivity contribution >= 4 is 11.7 Å². The van der Waals surface area contributed by atoms with E-state index in [1.54, 1.807) is 31.6 Å². The fourth-order valence-corrected chi connectivity index (χ4v) is 4.74. The largest absolute Gasteiger partial charge is 0.495 e. The molecule has 1 heterocycles. The molecule has 7 heteroatoms. The van der Waals surface area contributed by atoms with Crippen LogP contribution < -0.4 is 9.64 Å². The summed E-state index contributed by atoms with van der Waals surface area (Å²) in [6.45, 7) is 0. The maximum absolute atomic E-state index is 13.6. The summed E-state index contributed by atoms with van der Waals surface area (Å²) in [6, 6.07) is 12.3. The van der Waals surface area contributed by atoms with Crippen LogP contribution in [0.1, 0.15) is 24.3 Å². The van der Waals surface area contributed by atoms with Gasteiger partial charge in [0.05, 0.1) is 25.8 Å². The van der Waals surface area contributed by atoms with Crippen molar-refractivity contribution < 1.29 is 18.7 Å². The van der Waals surface area contributed by atoms with E-state index in [4.69, 9.17) is 9.47 Å². The zero-order chi connectivity index (χ0) is 22.7. The van der Waals surface area contributed by atoms with Crippen molar-refractivity contribution in [3.05, 3.63) is 72.6 Å². The summed E-state index contributed by atoms with van der Waals surface area (Å²) in [5, 5.41) is 0. The van der Waals surface area contributed by atoms with Crippen molar-refractivity contribution in [2.45, 2.75) is 24.8 Å². The van der Waals surface area contributed by atoms with Crippen LogP contribution in [0.4, 0.5) is 10.1 Å². The highest BCUT2D eigenvalue weighted by molar-refractivity contribution is 5.76. The van der Waals surface area contributed by atoms with Gasteiger partial charge in [0.15, 0.2) is 0 Å². The molecular formula is C25H26FN3O3. The quantitative estimate of drug-likeness (QED) is 0.533. The zero-order valence-electron chi connectivity index (χ0n) is 18.4. The standard InChI is InChI=1S/C25H26FN3O3/c1-29(22-12-17(6-11-23(22)31-2)18-13-27-15-28-14-18)21-10-9-20(25(30)32-3)24(21)16-4-7-19(26)8-5-16/h4-8,11-15,20-21,24H,9-10H2,1-3H3. The fraction of sp³-hybridized carbons (Fsp3) is 0.320. The van der Waals surface area contributed by atoms with Gasteiger partial charge in [-0.3, -0.25) is 4.79 Å². The van der Waals surface area contributed by atoms with Gasteiger partial charge in [-0.25, -0.2) is 14.4 Å². The van der Waals surface area contributed by atoms with Gasteiger partial charge in [-0.2, -0.15) is 0 Å². The molecule has 1 aromatic heterocycles. The van der Waals surface area contributed by atoms with E-state index in [0.29, 0.717) is 6.42 Å². The highest BCUT2D eigenvalue weighted by atomic mass is 19.1. The Kier molecular flexibility index (Phi) is 6.35. The lowest BCUT2D eigenvalue weighted by Crippen LogP contribution is -2.36. The molecule has 32 heavy (non-hydrogen) atoms. The van der Waals surface area contributed by atoms with Gasteiger partial charge in [0, 0.05) is 37.0 Å². The Labute approximate surface area is 187 Å². The summed E-state index contributed by atoms with van der Waals surface area (Å²) in [7, 11) is 5.06. The molecule has 0 aliphatic heterocycles. The third-order valence-corrected chi connectivity index (χ3v) is 6.33. The Bertz CT molecular complexity index is 1080. The maximum Gasteiger partial charge on any atom is 0.309 e. The number of esters is 1. The summed E-state index contributed by atoms with van der Waals surface area (Å²) in [6.07, 6.45) is 6.52. The minimum absolute atomic E-state index is 0.000680. The van der Waals surface area contributed by atoms with Crippen molar-refractivity contribution in [3.63, 3.8) is 0 Å². The number of anilines is 1. The van der Waals surface area contributed by atoms with Gasteiger partial charge in [0.1, 0.15) is 17.9 Å². The Balaban J connectivity index is 1.74. The SMILES string of the molecule is COC(=O)C1CCC(N(C)c2cc(-c3cncnc3)ccc2OC)C1c1ccc(F)cc1. The van der Waals surface area contributed by atoms with Crippen molar-refractivity contribution in [2.75, 3.05) is 26.2 Å².